The van der Waals surface area contributed by atoms with E-state index in [1.165, 1.54) is 0 Å². The number of benzene rings is 1. The summed E-state index contributed by atoms with van der Waals surface area (Å²) in [6.07, 6.45) is 1.88. The zero-order chi connectivity index (χ0) is 13.1. The lowest BCUT2D eigenvalue weighted by Crippen LogP contribution is -2.10. The maximum Gasteiger partial charge on any atom is 0.147 e. The minimum atomic E-state index is 0.385. The summed E-state index contributed by atoms with van der Waals surface area (Å²) in [4.78, 5) is 4.38. The van der Waals surface area contributed by atoms with Crippen LogP contribution in [0.5, 0.6) is 5.75 Å². The van der Waals surface area contributed by atoms with Crippen molar-refractivity contribution >= 4 is 11.6 Å². The monoisotopic (exact) mass is 264 g/mol. The van der Waals surface area contributed by atoms with Gasteiger partial charge >= 0.3 is 0 Å². The van der Waals surface area contributed by atoms with Crippen LogP contribution in [0.15, 0.2) is 30.5 Å². The molecule has 96 valence electrons. The molecule has 0 aliphatic heterocycles. The Kier molecular flexibility index (Phi) is 3.92. The van der Waals surface area contributed by atoms with Gasteiger partial charge in [-0.2, -0.15) is 0 Å². The van der Waals surface area contributed by atoms with Crippen LogP contribution in [-0.4, -0.2) is 9.55 Å². The second-order valence-corrected chi connectivity index (χ2v) is 4.96. The van der Waals surface area contributed by atoms with Gasteiger partial charge in [0.1, 0.15) is 18.2 Å². The van der Waals surface area contributed by atoms with Gasteiger partial charge in [-0.05, 0) is 45.0 Å². The standard InChI is InChI=1S/C14H17ClN2O/c1-10(2)17-11(3)8-16-14(17)9-18-13-6-4-12(15)5-7-13/h4-8,10H,9H2,1-3H3. The Balaban J connectivity index is 2.08. The van der Waals surface area contributed by atoms with E-state index >= 15 is 0 Å². The average Bonchev–Trinajstić information content (AvgIpc) is 2.70. The van der Waals surface area contributed by atoms with Gasteiger partial charge in [0.25, 0.3) is 0 Å². The maximum absolute atomic E-state index is 5.83. The Morgan fingerprint density at radius 1 is 1.28 bits per heavy atom. The Morgan fingerprint density at radius 2 is 1.94 bits per heavy atom. The van der Waals surface area contributed by atoms with Crippen LogP contribution < -0.4 is 4.74 Å². The van der Waals surface area contributed by atoms with E-state index in [0.717, 1.165) is 17.3 Å². The van der Waals surface area contributed by atoms with E-state index in [0.29, 0.717) is 17.7 Å². The van der Waals surface area contributed by atoms with E-state index in [1.807, 2.05) is 30.5 Å². The third-order valence-corrected chi connectivity index (χ3v) is 3.01. The molecule has 0 unspecified atom stereocenters. The number of halogens is 1. The molecule has 0 amide bonds. The summed E-state index contributed by atoms with van der Waals surface area (Å²) in [6.45, 7) is 6.80. The summed E-state index contributed by atoms with van der Waals surface area (Å²) < 4.78 is 7.89. The molecule has 0 saturated heterocycles. The molecule has 0 N–H and O–H groups in total. The number of hydrogen-bond donors (Lipinski definition) is 0. The summed E-state index contributed by atoms with van der Waals surface area (Å²) in [5.74, 6) is 1.74. The van der Waals surface area contributed by atoms with Gasteiger partial charge in [0, 0.05) is 23.0 Å². The van der Waals surface area contributed by atoms with E-state index in [9.17, 15) is 0 Å². The number of aromatic nitrogens is 2. The molecule has 4 heteroatoms. The van der Waals surface area contributed by atoms with Crippen LogP contribution in [0.3, 0.4) is 0 Å². The van der Waals surface area contributed by atoms with Crippen molar-refractivity contribution in [1.29, 1.82) is 0 Å². The fourth-order valence-electron chi connectivity index (χ4n) is 1.99. The molecule has 3 nitrogen and oxygen atoms in total. The van der Waals surface area contributed by atoms with Crippen LogP contribution in [0.4, 0.5) is 0 Å². The molecule has 0 fully saturated rings. The first kappa shape index (κ1) is 13.0. The molecular formula is C14H17ClN2O. The van der Waals surface area contributed by atoms with Gasteiger partial charge in [0.05, 0.1) is 0 Å². The number of ether oxygens (including phenoxy) is 1. The summed E-state index contributed by atoms with van der Waals surface area (Å²) in [5.41, 5.74) is 1.15. The van der Waals surface area contributed by atoms with Crippen molar-refractivity contribution in [2.75, 3.05) is 0 Å². The fourth-order valence-corrected chi connectivity index (χ4v) is 2.11. The highest BCUT2D eigenvalue weighted by molar-refractivity contribution is 6.30. The number of nitrogens with zero attached hydrogens (tertiary/aromatic N) is 2. The van der Waals surface area contributed by atoms with Crippen molar-refractivity contribution in [3.63, 3.8) is 0 Å². The zero-order valence-electron chi connectivity index (χ0n) is 10.9. The first-order valence-electron chi connectivity index (χ1n) is 5.99. The number of rotatable bonds is 4. The molecule has 0 spiro atoms. The van der Waals surface area contributed by atoms with E-state index in [2.05, 4.69) is 30.3 Å². The van der Waals surface area contributed by atoms with Crippen LogP contribution in [0, 0.1) is 6.92 Å². The van der Waals surface area contributed by atoms with Gasteiger partial charge in [-0.3, -0.25) is 0 Å². The van der Waals surface area contributed by atoms with E-state index in [1.54, 1.807) is 0 Å². The van der Waals surface area contributed by atoms with Gasteiger partial charge in [-0.15, -0.1) is 0 Å². The van der Waals surface area contributed by atoms with Crippen LogP contribution in [0.2, 0.25) is 5.02 Å². The van der Waals surface area contributed by atoms with E-state index in [4.69, 9.17) is 16.3 Å². The molecule has 0 radical (unpaired) electrons. The van der Waals surface area contributed by atoms with Gasteiger partial charge < -0.3 is 9.30 Å². The molecule has 2 aromatic rings. The van der Waals surface area contributed by atoms with Gasteiger partial charge in [-0.1, -0.05) is 11.6 Å². The minimum absolute atomic E-state index is 0.385. The van der Waals surface area contributed by atoms with Crippen molar-refractivity contribution < 1.29 is 4.74 Å². The predicted octanol–water partition coefficient (Wildman–Crippen LogP) is 4.00. The van der Waals surface area contributed by atoms with Crippen molar-refractivity contribution in [2.24, 2.45) is 0 Å². The molecule has 2 rings (SSSR count). The summed E-state index contributed by atoms with van der Waals surface area (Å²) in [6, 6.07) is 7.74. The molecule has 1 heterocycles. The Labute approximate surface area is 112 Å². The van der Waals surface area contributed by atoms with Crippen LogP contribution in [0.1, 0.15) is 31.4 Å². The predicted molar refractivity (Wildman–Crippen MR) is 73.1 cm³/mol. The molecule has 0 aliphatic carbocycles. The third kappa shape index (κ3) is 2.85. The highest BCUT2D eigenvalue weighted by Crippen LogP contribution is 2.18. The molecule has 0 bridgehead atoms. The second-order valence-electron chi connectivity index (χ2n) is 4.52. The number of hydrogen-bond acceptors (Lipinski definition) is 2. The lowest BCUT2D eigenvalue weighted by Gasteiger charge is -2.14. The summed E-state index contributed by atoms with van der Waals surface area (Å²) >= 11 is 5.83. The van der Waals surface area contributed by atoms with Gasteiger partial charge in [-0.25, -0.2) is 4.98 Å². The maximum atomic E-state index is 5.83. The first-order valence-corrected chi connectivity index (χ1v) is 6.37. The van der Waals surface area contributed by atoms with E-state index < -0.39 is 0 Å². The Bertz CT molecular complexity index is 517. The Hall–Kier alpha value is -1.48. The van der Waals surface area contributed by atoms with Crippen LogP contribution >= 0.6 is 11.6 Å². The van der Waals surface area contributed by atoms with Gasteiger partial charge in [0.2, 0.25) is 0 Å². The first-order chi connectivity index (χ1) is 8.58. The van der Waals surface area contributed by atoms with Crippen LogP contribution in [0.25, 0.3) is 0 Å². The van der Waals surface area contributed by atoms with Crippen molar-refractivity contribution in [3.05, 3.63) is 47.0 Å². The highest BCUT2D eigenvalue weighted by Gasteiger charge is 2.10. The molecule has 1 aromatic carbocycles. The molecular weight excluding hydrogens is 248 g/mol. The lowest BCUT2D eigenvalue weighted by atomic mass is 10.3. The second kappa shape index (κ2) is 5.44. The zero-order valence-corrected chi connectivity index (χ0v) is 11.6. The average molecular weight is 265 g/mol. The number of aryl methyl sites for hydroxylation is 1. The minimum Gasteiger partial charge on any atom is -0.486 e. The van der Waals surface area contributed by atoms with Gasteiger partial charge in [0.15, 0.2) is 0 Å². The SMILES string of the molecule is Cc1cnc(COc2ccc(Cl)cc2)n1C(C)C. The summed E-state index contributed by atoms with van der Waals surface area (Å²) in [7, 11) is 0. The van der Waals surface area contributed by atoms with Crippen LogP contribution in [-0.2, 0) is 6.61 Å². The quantitative estimate of drug-likeness (QED) is 0.834. The topological polar surface area (TPSA) is 27.1 Å². The number of imidazole rings is 1. The van der Waals surface area contributed by atoms with Crippen molar-refractivity contribution in [3.8, 4) is 5.75 Å². The molecule has 0 saturated carbocycles. The summed E-state index contributed by atoms with van der Waals surface area (Å²) in [5, 5.41) is 0.710. The normalized spacial score (nSPS) is 10.9. The molecule has 18 heavy (non-hydrogen) atoms. The Morgan fingerprint density at radius 3 is 2.56 bits per heavy atom. The molecule has 0 atom stereocenters. The van der Waals surface area contributed by atoms with Crippen molar-refractivity contribution in [1.82, 2.24) is 9.55 Å². The molecule has 0 aliphatic rings. The molecule has 1 aromatic heterocycles. The highest BCUT2D eigenvalue weighted by atomic mass is 35.5. The largest absolute Gasteiger partial charge is 0.486 e. The van der Waals surface area contributed by atoms with Crippen molar-refractivity contribution in [2.45, 2.75) is 33.4 Å². The lowest BCUT2D eigenvalue weighted by molar-refractivity contribution is 0.286. The smallest absolute Gasteiger partial charge is 0.147 e. The third-order valence-electron chi connectivity index (χ3n) is 2.76. The fraction of sp³-hybridized carbons (Fsp3) is 0.357. The van der Waals surface area contributed by atoms with E-state index in [-0.39, 0.29) is 0 Å².